The standard InChI is InChI=1S/C22H28FN5O4S/c1-7-21(4)20(24)28-22(5,13(3)33(21,30)31)15-10-14(8-9-16(15)23)27-19(29)18-12(2)26-17(32-6)11-25-18/h8-11,13H,7H2,1-6H3,(H2,24,28)(H,27,29)/t13?,21-,22+/m1/s1. The number of amidine groups is 1. The molecular weight excluding hydrogens is 449 g/mol. The number of aliphatic imine (C=N–C) groups is 1. The van der Waals surface area contributed by atoms with Crippen molar-refractivity contribution in [1.29, 1.82) is 0 Å². The normalized spacial score (nSPS) is 26.4. The molecule has 0 fully saturated rings. The summed E-state index contributed by atoms with van der Waals surface area (Å²) in [6, 6.07) is 3.90. The predicted molar refractivity (Wildman–Crippen MR) is 124 cm³/mol. The van der Waals surface area contributed by atoms with Gasteiger partial charge in [-0.1, -0.05) is 6.92 Å². The van der Waals surface area contributed by atoms with Crippen LogP contribution >= 0.6 is 0 Å². The summed E-state index contributed by atoms with van der Waals surface area (Å²) in [6.45, 7) is 7.89. The zero-order chi connectivity index (χ0) is 24.8. The largest absolute Gasteiger partial charge is 0.480 e. The van der Waals surface area contributed by atoms with Crippen LogP contribution in [0.3, 0.4) is 0 Å². The molecule has 1 aromatic carbocycles. The summed E-state index contributed by atoms with van der Waals surface area (Å²) in [6.07, 6.45) is 1.56. The lowest BCUT2D eigenvalue weighted by Gasteiger charge is -2.44. The predicted octanol–water partition coefficient (Wildman–Crippen LogP) is 2.74. The summed E-state index contributed by atoms with van der Waals surface area (Å²) in [4.78, 5) is 25.4. The van der Waals surface area contributed by atoms with Crippen molar-refractivity contribution in [3.8, 4) is 5.88 Å². The van der Waals surface area contributed by atoms with Crippen molar-refractivity contribution in [1.82, 2.24) is 9.97 Å². The minimum Gasteiger partial charge on any atom is -0.480 e. The number of amides is 1. The van der Waals surface area contributed by atoms with E-state index in [-0.39, 0.29) is 35.1 Å². The molecule has 3 N–H and O–H groups in total. The number of halogens is 1. The zero-order valence-corrected chi connectivity index (χ0v) is 20.2. The summed E-state index contributed by atoms with van der Waals surface area (Å²) in [5.74, 6) is -1.02. The van der Waals surface area contributed by atoms with Crippen molar-refractivity contribution in [2.24, 2.45) is 10.7 Å². The van der Waals surface area contributed by atoms with Crippen LogP contribution in [0.15, 0.2) is 29.4 Å². The molecule has 1 unspecified atom stereocenters. The Morgan fingerprint density at radius 2 is 2.00 bits per heavy atom. The molecule has 1 aromatic heterocycles. The number of ether oxygens (including phenoxy) is 1. The highest BCUT2D eigenvalue weighted by molar-refractivity contribution is 7.94. The number of carbonyl (C=O) groups is 1. The Morgan fingerprint density at radius 1 is 1.33 bits per heavy atom. The molecule has 33 heavy (non-hydrogen) atoms. The molecule has 1 aliphatic heterocycles. The lowest BCUT2D eigenvalue weighted by Crippen LogP contribution is -2.60. The molecule has 1 amide bonds. The molecule has 9 nitrogen and oxygen atoms in total. The van der Waals surface area contributed by atoms with Crippen molar-refractivity contribution in [2.75, 3.05) is 12.4 Å². The highest BCUT2D eigenvalue weighted by Crippen LogP contribution is 2.44. The van der Waals surface area contributed by atoms with E-state index in [1.165, 1.54) is 46.2 Å². The van der Waals surface area contributed by atoms with Gasteiger partial charge in [-0.3, -0.25) is 9.79 Å². The van der Waals surface area contributed by atoms with Gasteiger partial charge in [-0.15, -0.1) is 0 Å². The van der Waals surface area contributed by atoms with Gasteiger partial charge in [0.25, 0.3) is 5.91 Å². The lowest BCUT2D eigenvalue weighted by molar-refractivity contribution is 0.102. The van der Waals surface area contributed by atoms with Crippen LogP contribution in [-0.2, 0) is 15.4 Å². The first-order chi connectivity index (χ1) is 15.3. The molecule has 2 aromatic rings. The second-order valence-electron chi connectivity index (χ2n) is 8.41. The number of aryl methyl sites for hydroxylation is 1. The average Bonchev–Trinajstić information content (AvgIpc) is 2.77. The van der Waals surface area contributed by atoms with Crippen LogP contribution in [0.2, 0.25) is 0 Å². The number of hydrogen-bond acceptors (Lipinski definition) is 8. The first kappa shape index (κ1) is 24.6. The van der Waals surface area contributed by atoms with Crippen molar-refractivity contribution in [3.05, 3.63) is 47.2 Å². The summed E-state index contributed by atoms with van der Waals surface area (Å²) in [5, 5.41) is 1.60. The van der Waals surface area contributed by atoms with Crippen LogP contribution in [0.1, 0.15) is 55.9 Å². The van der Waals surface area contributed by atoms with Gasteiger partial charge < -0.3 is 15.8 Å². The Kier molecular flexibility index (Phi) is 6.22. The van der Waals surface area contributed by atoms with E-state index < -0.39 is 37.1 Å². The Hall–Kier alpha value is -3.08. The average molecular weight is 478 g/mol. The number of benzene rings is 1. The Balaban J connectivity index is 2.04. The molecule has 0 spiro atoms. The Morgan fingerprint density at radius 3 is 2.58 bits per heavy atom. The molecule has 11 heteroatoms. The van der Waals surface area contributed by atoms with Crippen LogP contribution in [-0.4, -0.2) is 47.2 Å². The van der Waals surface area contributed by atoms with Crippen LogP contribution < -0.4 is 15.8 Å². The molecule has 2 heterocycles. The van der Waals surface area contributed by atoms with E-state index in [0.29, 0.717) is 5.69 Å². The van der Waals surface area contributed by atoms with Crippen molar-refractivity contribution in [3.63, 3.8) is 0 Å². The maximum atomic E-state index is 15.0. The van der Waals surface area contributed by atoms with Gasteiger partial charge in [0.05, 0.1) is 24.3 Å². The fraction of sp³-hybridized carbons (Fsp3) is 0.455. The minimum absolute atomic E-state index is 0.00927. The highest BCUT2D eigenvalue weighted by atomic mass is 32.2. The fourth-order valence-corrected chi connectivity index (χ4v) is 6.23. The topological polar surface area (TPSA) is 137 Å². The monoisotopic (exact) mass is 477 g/mol. The molecule has 0 aliphatic carbocycles. The van der Waals surface area contributed by atoms with E-state index >= 15 is 0 Å². The van der Waals surface area contributed by atoms with Crippen LogP contribution in [0.25, 0.3) is 0 Å². The Labute approximate surface area is 192 Å². The maximum Gasteiger partial charge on any atom is 0.276 e. The van der Waals surface area contributed by atoms with Crippen molar-refractivity contribution in [2.45, 2.75) is 56.6 Å². The van der Waals surface area contributed by atoms with E-state index in [0.717, 1.165) is 6.07 Å². The number of carbonyl (C=O) groups excluding carboxylic acids is 1. The quantitative estimate of drug-likeness (QED) is 0.675. The zero-order valence-electron chi connectivity index (χ0n) is 19.4. The third-order valence-electron chi connectivity index (χ3n) is 6.57. The van der Waals surface area contributed by atoms with E-state index in [1.807, 2.05) is 0 Å². The van der Waals surface area contributed by atoms with E-state index in [1.54, 1.807) is 13.8 Å². The molecule has 1 aliphatic rings. The number of methoxy groups -OCH3 is 1. The number of sulfone groups is 1. The molecule has 3 rings (SSSR count). The van der Waals surface area contributed by atoms with E-state index in [2.05, 4.69) is 20.3 Å². The van der Waals surface area contributed by atoms with E-state index in [4.69, 9.17) is 10.5 Å². The minimum atomic E-state index is -3.80. The third-order valence-corrected chi connectivity index (χ3v) is 9.72. The summed E-state index contributed by atoms with van der Waals surface area (Å²) in [5.41, 5.74) is 5.30. The Bertz CT molecular complexity index is 1250. The van der Waals surface area contributed by atoms with Gasteiger partial charge >= 0.3 is 0 Å². The third kappa shape index (κ3) is 3.84. The molecule has 0 radical (unpaired) electrons. The number of hydrogen-bond donors (Lipinski definition) is 2. The maximum absolute atomic E-state index is 15.0. The van der Waals surface area contributed by atoms with Gasteiger partial charge in [0.1, 0.15) is 27.6 Å². The van der Waals surface area contributed by atoms with Gasteiger partial charge in [-0.25, -0.2) is 22.8 Å². The summed E-state index contributed by atoms with van der Waals surface area (Å²) in [7, 11) is -2.37. The lowest BCUT2D eigenvalue weighted by atomic mass is 9.87. The van der Waals surface area contributed by atoms with Crippen LogP contribution in [0.4, 0.5) is 10.1 Å². The summed E-state index contributed by atoms with van der Waals surface area (Å²) < 4.78 is 45.3. The van der Waals surface area contributed by atoms with Gasteiger partial charge in [-0.2, -0.15) is 0 Å². The summed E-state index contributed by atoms with van der Waals surface area (Å²) >= 11 is 0. The first-order valence-corrected chi connectivity index (χ1v) is 11.9. The van der Waals surface area contributed by atoms with Crippen LogP contribution in [0.5, 0.6) is 5.88 Å². The van der Waals surface area contributed by atoms with E-state index in [9.17, 15) is 17.6 Å². The highest BCUT2D eigenvalue weighted by Gasteiger charge is 2.56. The SMILES string of the molecule is CC[C@]1(C)C(N)=N[C@](C)(c2cc(NC(=O)c3ncc(OC)nc3C)ccc2F)C(C)S1(=O)=O. The number of nitrogens with two attached hydrogens (primary N) is 1. The molecule has 0 saturated carbocycles. The molecular formula is C22H28FN5O4S. The number of anilines is 1. The second kappa shape index (κ2) is 8.36. The van der Waals surface area contributed by atoms with Crippen LogP contribution in [0, 0.1) is 12.7 Å². The van der Waals surface area contributed by atoms with Gasteiger partial charge in [-0.05, 0) is 52.3 Å². The second-order valence-corrected chi connectivity index (χ2v) is 11.1. The molecule has 0 saturated heterocycles. The van der Waals surface area contributed by atoms with Gasteiger partial charge in [0.15, 0.2) is 9.84 Å². The molecule has 3 atom stereocenters. The molecule has 178 valence electrons. The first-order valence-electron chi connectivity index (χ1n) is 10.4. The van der Waals surface area contributed by atoms with Gasteiger partial charge in [0, 0.05) is 11.3 Å². The number of nitrogens with one attached hydrogen (secondary N) is 1. The van der Waals surface area contributed by atoms with Gasteiger partial charge in [0.2, 0.25) is 5.88 Å². The number of rotatable bonds is 5. The number of aromatic nitrogens is 2. The smallest absolute Gasteiger partial charge is 0.276 e. The van der Waals surface area contributed by atoms with Crippen molar-refractivity contribution < 1.29 is 22.3 Å². The number of nitrogens with zero attached hydrogens (tertiary/aromatic N) is 3. The van der Waals surface area contributed by atoms with Crippen molar-refractivity contribution >= 4 is 27.3 Å². The fourth-order valence-electron chi connectivity index (χ4n) is 3.92. The molecule has 0 bridgehead atoms.